The van der Waals surface area contributed by atoms with E-state index in [9.17, 15) is 13.7 Å². The number of halogens is 1. The highest BCUT2D eigenvalue weighted by molar-refractivity contribution is 7.95. The van der Waals surface area contributed by atoms with Crippen molar-refractivity contribution >= 4 is 27.5 Å². The van der Waals surface area contributed by atoms with Crippen LogP contribution in [0, 0.1) is 18.3 Å². The lowest BCUT2D eigenvalue weighted by Gasteiger charge is -2.12. The van der Waals surface area contributed by atoms with Crippen LogP contribution in [0.2, 0.25) is 5.02 Å². The van der Waals surface area contributed by atoms with Gasteiger partial charge < -0.3 is 9.47 Å². The van der Waals surface area contributed by atoms with E-state index in [1.54, 1.807) is 48.5 Å². The number of benzene rings is 3. The molecule has 0 radical (unpaired) electrons. The summed E-state index contributed by atoms with van der Waals surface area (Å²) in [6.07, 6.45) is 1.32. The van der Waals surface area contributed by atoms with Gasteiger partial charge in [0.1, 0.15) is 17.6 Å². The average molecular weight is 454 g/mol. The Morgan fingerprint density at radius 2 is 1.71 bits per heavy atom. The third-order valence-electron chi connectivity index (χ3n) is 4.52. The maximum atomic E-state index is 12.8. The van der Waals surface area contributed by atoms with Crippen LogP contribution in [0.5, 0.6) is 11.5 Å². The zero-order valence-electron chi connectivity index (χ0n) is 17.0. The summed E-state index contributed by atoms with van der Waals surface area (Å²) in [6.45, 7) is 2.17. The van der Waals surface area contributed by atoms with Gasteiger partial charge in [0, 0.05) is 5.02 Å². The van der Waals surface area contributed by atoms with E-state index in [1.807, 2.05) is 19.1 Å². The molecule has 0 atom stereocenters. The minimum Gasteiger partial charge on any atom is -0.493 e. The highest BCUT2D eigenvalue weighted by Gasteiger charge is 2.21. The van der Waals surface area contributed by atoms with E-state index in [0.29, 0.717) is 28.7 Å². The van der Waals surface area contributed by atoms with Crippen molar-refractivity contribution in [1.29, 1.82) is 5.26 Å². The van der Waals surface area contributed by atoms with Gasteiger partial charge in [0.15, 0.2) is 11.5 Å². The minimum atomic E-state index is -3.93. The van der Waals surface area contributed by atoms with E-state index in [0.717, 1.165) is 11.1 Å². The Balaban J connectivity index is 1.86. The number of hydrogen-bond donors (Lipinski definition) is 0. The molecule has 0 aliphatic heterocycles. The number of nitrogens with zero attached hydrogens (tertiary/aromatic N) is 1. The SMILES string of the molecule is COc1cc(/C=C(\C#N)S(=O)(=O)c2ccc(C)cc2)ccc1OCc1ccc(Cl)cc1. The fourth-order valence-corrected chi connectivity index (χ4v) is 4.09. The summed E-state index contributed by atoms with van der Waals surface area (Å²) in [5.74, 6) is 0.919. The van der Waals surface area contributed by atoms with E-state index >= 15 is 0 Å². The number of methoxy groups -OCH3 is 1. The Hall–Kier alpha value is -3.27. The van der Waals surface area contributed by atoms with Crippen LogP contribution >= 0.6 is 11.6 Å². The molecule has 31 heavy (non-hydrogen) atoms. The van der Waals surface area contributed by atoms with Gasteiger partial charge in [-0.1, -0.05) is 47.5 Å². The van der Waals surface area contributed by atoms with E-state index in [-0.39, 0.29) is 9.80 Å². The first-order valence-electron chi connectivity index (χ1n) is 9.32. The summed E-state index contributed by atoms with van der Waals surface area (Å²) >= 11 is 5.89. The predicted octanol–water partition coefficient (Wildman–Crippen LogP) is 5.57. The predicted molar refractivity (Wildman–Crippen MR) is 121 cm³/mol. The number of allylic oxidation sites excluding steroid dienone is 1. The van der Waals surface area contributed by atoms with E-state index < -0.39 is 9.84 Å². The lowest BCUT2D eigenvalue weighted by Crippen LogP contribution is -2.03. The fraction of sp³-hybridized carbons (Fsp3) is 0.125. The quantitative estimate of drug-likeness (QED) is 0.437. The standard InChI is InChI=1S/C24H20ClNO4S/c1-17-3-10-21(11-4-17)31(27,28)22(15-26)13-19-7-12-23(24(14-19)29-2)30-16-18-5-8-20(25)9-6-18/h3-14H,16H2,1-2H3/b22-13+. The average Bonchev–Trinajstić information content (AvgIpc) is 2.77. The largest absolute Gasteiger partial charge is 0.493 e. The summed E-state index contributed by atoms with van der Waals surface area (Å²) in [7, 11) is -2.44. The van der Waals surface area contributed by atoms with E-state index in [4.69, 9.17) is 21.1 Å². The Morgan fingerprint density at radius 1 is 1.03 bits per heavy atom. The molecule has 0 aromatic heterocycles. The van der Waals surface area contributed by atoms with Gasteiger partial charge in [-0.15, -0.1) is 0 Å². The summed E-state index contributed by atoms with van der Waals surface area (Å²) in [5.41, 5.74) is 2.37. The number of aryl methyl sites for hydroxylation is 1. The van der Waals surface area contributed by atoms with Crippen molar-refractivity contribution < 1.29 is 17.9 Å². The number of sulfone groups is 1. The molecule has 0 aliphatic carbocycles. The number of nitriles is 1. The van der Waals surface area contributed by atoms with Crippen molar-refractivity contribution in [3.63, 3.8) is 0 Å². The van der Waals surface area contributed by atoms with Gasteiger partial charge in [0.25, 0.3) is 0 Å². The lowest BCUT2D eigenvalue weighted by molar-refractivity contribution is 0.284. The van der Waals surface area contributed by atoms with Gasteiger partial charge in [-0.05, 0) is 60.5 Å². The second-order valence-corrected chi connectivity index (χ2v) is 9.12. The Bertz CT molecular complexity index is 1240. The molecule has 0 N–H and O–H groups in total. The Labute approximate surface area is 187 Å². The Morgan fingerprint density at radius 3 is 2.32 bits per heavy atom. The molecule has 0 amide bonds. The molecule has 3 aromatic carbocycles. The van der Waals surface area contributed by atoms with Crippen LogP contribution in [0.25, 0.3) is 6.08 Å². The molecule has 7 heteroatoms. The van der Waals surface area contributed by atoms with Gasteiger partial charge >= 0.3 is 0 Å². The molecule has 0 aliphatic rings. The maximum Gasteiger partial charge on any atom is 0.216 e. The summed E-state index contributed by atoms with van der Waals surface area (Å²) < 4.78 is 36.9. The molecule has 0 bridgehead atoms. The topological polar surface area (TPSA) is 76.4 Å². The molecule has 0 saturated carbocycles. The molecule has 0 fully saturated rings. The van der Waals surface area contributed by atoms with Crippen LogP contribution in [-0.2, 0) is 16.4 Å². The molecule has 0 heterocycles. The molecule has 5 nitrogen and oxygen atoms in total. The van der Waals surface area contributed by atoms with Crippen LogP contribution in [0.4, 0.5) is 0 Å². The number of ether oxygens (including phenoxy) is 2. The van der Waals surface area contributed by atoms with Gasteiger partial charge in [0.05, 0.1) is 12.0 Å². The highest BCUT2D eigenvalue weighted by atomic mass is 35.5. The van der Waals surface area contributed by atoms with Gasteiger partial charge in [-0.25, -0.2) is 8.42 Å². The Kier molecular flexibility index (Phi) is 7.01. The van der Waals surface area contributed by atoms with Crippen molar-refractivity contribution in [3.8, 4) is 17.6 Å². The van der Waals surface area contributed by atoms with E-state index in [2.05, 4.69) is 0 Å². The molecule has 3 aromatic rings. The first-order valence-corrected chi connectivity index (χ1v) is 11.2. The van der Waals surface area contributed by atoms with Crippen LogP contribution in [0.15, 0.2) is 76.5 Å². The molecular weight excluding hydrogens is 434 g/mol. The van der Waals surface area contributed by atoms with Gasteiger partial charge in [-0.3, -0.25) is 0 Å². The first-order chi connectivity index (χ1) is 14.8. The summed E-state index contributed by atoms with van der Waals surface area (Å²) in [4.78, 5) is -0.283. The van der Waals surface area contributed by atoms with Crippen molar-refractivity contribution in [2.75, 3.05) is 7.11 Å². The van der Waals surface area contributed by atoms with Crippen molar-refractivity contribution in [3.05, 3.63) is 93.3 Å². The maximum absolute atomic E-state index is 12.8. The van der Waals surface area contributed by atoms with Crippen molar-refractivity contribution in [1.82, 2.24) is 0 Å². The first kappa shape index (κ1) is 22.4. The molecule has 0 saturated heterocycles. The smallest absolute Gasteiger partial charge is 0.216 e. The molecule has 158 valence electrons. The normalized spacial score (nSPS) is 11.6. The zero-order chi connectivity index (χ0) is 22.4. The lowest BCUT2D eigenvalue weighted by atomic mass is 10.2. The van der Waals surface area contributed by atoms with Crippen molar-refractivity contribution in [2.45, 2.75) is 18.4 Å². The minimum absolute atomic E-state index is 0.0702. The van der Waals surface area contributed by atoms with Crippen LogP contribution < -0.4 is 9.47 Å². The highest BCUT2D eigenvalue weighted by Crippen LogP contribution is 2.31. The van der Waals surface area contributed by atoms with Crippen LogP contribution in [0.1, 0.15) is 16.7 Å². The van der Waals surface area contributed by atoms with Gasteiger partial charge in [0.2, 0.25) is 9.84 Å². The molecule has 0 spiro atoms. The van der Waals surface area contributed by atoms with Crippen molar-refractivity contribution in [2.24, 2.45) is 0 Å². The second kappa shape index (κ2) is 9.69. The fourth-order valence-electron chi connectivity index (χ4n) is 2.80. The third kappa shape index (κ3) is 5.46. The monoisotopic (exact) mass is 453 g/mol. The van der Waals surface area contributed by atoms with Gasteiger partial charge in [-0.2, -0.15) is 5.26 Å². The van der Waals surface area contributed by atoms with Crippen LogP contribution in [0.3, 0.4) is 0 Å². The zero-order valence-corrected chi connectivity index (χ0v) is 18.6. The number of hydrogen-bond acceptors (Lipinski definition) is 5. The molecule has 0 unspecified atom stereocenters. The van der Waals surface area contributed by atoms with Crippen LogP contribution in [-0.4, -0.2) is 15.5 Å². The third-order valence-corrected chi connectivity index (χ3v) is 6.46. The molecule has 3 rings (SSSR count). The second-order valence-electron chi connectivity index (χ2n) is 6.76. The summed E-state index contributed by atoms with van der Waals surface area (Å²) in [5, 5.41) is 10.1. The number of rotatable bonds is 7. The van der Waals surface area contributed by atoms with E-state index in [1.165, 1.54) is 25.3 Å². The summed E-state index contributed by atoms with van der Waals surface area (Å²) in [6, 6.07) is 20.4. The molecular formula is C24H20ClNO4S.